The van der Waals surface area contributed by atoms with E-state index in [2.05, 4.69) is 10.2 Å². The molecular formula is C18H19N3O4S2. The van der Waals surface area contributed by atoms with E-state index < -0.39 is 5.97 Å². The molecule has 0 radical (unpaired) electrons. The first-order chi connectivity index (χ1) is 13.1. The summed E-state index contributed by atoms with van der Waals surface area (Å²) in [7, 11) is 0. The fourth-order valence-electron chi connectivity index (χ4n) is 2.44. The first kappa shape index (κ1) is 19.5. The Bertz CT molecular complexity index is 866. The maximum Gasteiger partial charge on any atom is 0.333 e. The van der Waals surface area contributed by atoms with Gasteiger partial charge in [0.05, 0.1) is 23.5 Å². The smallest absolute Gasteiger partial charge is 0.333 e. The lowest BCUT2D eigenvalue weighted by molar-refractivity contribution is -0.137. The number of ether oxygens (including phenoxy) is 1. The minimum atomic E-state index is -0.438. The van der Waals surface area contributed by atoms with Crippen molar-refractivity contribution in [1.82, 2.24) is 15.1 Å². The first-order valence-corrected chi connectivity index (χ1v) is 10.4. The summed E-state index contributed by atoms with van der Waals surface area (Å²) in [6.07, 6.45) is 1.37. The molecule has 9 heteroatoms. The second-order valence-corrected chi connectivity index (χ2v) is 7.70. The van der Waals surface area contributed by atoms with Gasteiger partial charge in [-0.1, -0.05) is 41.2 Å². The molecule has 142 valence electrons. The predicted octanol–water partition coefficient (Wildman–Crippen LogP) is 3.12. The molecule has 0 bridgehead atoms. The number of amides is 1. The molecule has 0 atom stereocenters. The second-order valence-electron chi connectivity index (χ2n) is 5.66. The summed E-state index contributed by atoms with van der Waals surface area (Å²) in [4.78, 5) is 25.2. The van der Waals surface area contributed by atoms with Crippen LogP contribution in [0.25, 0.3) is 11.5 Å². The highest BCUT2D eigenvalue weighted by Crippen LogP contribution is 2.30. The predicted molar refractivity (Wildman–Crippen MR) is 104 cm³/mol. The third-order valence-corrected chi connectivity index (χ3v) is 5.47. The lowest BCUT2D eigenvalue weighted by Gasteiger charge is -2.15. The summed E-state index contributed by atoms with van der Waals surface area (Å²) in [6.45, 7) is 4.50. The zero-order valence-corrected chi connectivity index (χ0v) is 16.6. The quantitative estimate of drug-likeness (QED) is 0.395. The van der Waals surface area contributed by atoms with E-state index in [0.717, 1.165) is 11.1 Å². The van der Waals surface area contributed by atoms with Crippen molar-refractivity contribution in [3.8, 4) is 11.5 Å². The van der Waals surface area contributed by atoms with Gasteiger partial charge in [-0.3, -0.25) is 4.79 Å². The maximum atomic E-state index is 12.0. The molecule has 27 heavy (non-hydrogen) atoms. The molecule has 1 aliphatic rings. The van der Waals surface area contributed by atoms with E-state index in [0.29, 0.717) is 40.8 Å². The van der Waals surface area contributed by atoms with Crippen LogP contribution in [0.1, 0.15) is 12.5 Å². The van der Waals surface area contributed by atoms with Crippen LogP contribution in [0.3, 0.4) is 0 Å². The summed E-state index contributed by atoms with van der Waals surface area (Å²) in [6, 6.07) is 7.84. The molecule has 0 aliphatic carbocycles. The molecule has 7 nitrogen and oxygen atoms in total. The second kappa shape index (κ2) is 9.09. The molecule has 1 saturated heterocycles. The Balaban J connectivity index is 1.57. The number of benzene rings is 1. The Labute approximate surface area is 165 Å². The van der Waals surface area contributed by atoms with Crippen molar-refractivity contribution in [2.75, 3.05) is 24.7 Å². The highest BCUT2D eigenvalue weighted by atomic mass is 32.2. The van der Waals surface area contributed by atoms with Crippen molar-refractivity contribution in [2.45, 2.75) is 19.1 Å². The average molecular weight is 406 g/mol. The van der Waals surface area contributed by atoms with Crippen molar-refractivity contribution in [1.29, 1.82) is 0 Å². The summed E-state index contributed by atoms with van der Waals surface area (Å²) in [5, 5.41) is 9.18. The zero-order valence-electron chi connectivity index (χ0n) is 15.0. The number of esters is 1. The van der Waals surface area contributed by atoms with Gasteiger partial charge in [-0.05, 0) is 26.0 Å². The van der Waals surface area contributed by atoms with E-state index in [1.807, 2.05) is 31.2 Å². The number of rotatable bonds is 7. The van der Waals surface area contributed by atoms with Gasteiger partial charge >= 0.3 is 5.97 Å². The fourth-order valence-corrected chi connectivity index (χ4v) is 4.08. The minimum absolute atomic E-state index is 0.0258. The van der Waals surface area contributed by atoms with Gasteiger partial charge in [0, 0.05) is 17.9 Å². The summed E-state index contributed by atoms with van der Waals surface area (Å²) in [5.74, 6) is 0.904. The lowest BCUT2D eigenvalue weighted by Crippen LogP contribution is -2.27. The van der Waals surface area contributed by atoms with Crippen LogP contribution in [0.5, 0.6) is 0 Å². The normalized spacial score (nSPS) is 15.6. The standard InChI is InChI=1S/C18H19N3O4S2/c1-3-24-16(23)10-15-21(14(22)11-27-15)7-8-26-18-20-19-17(25-18)13-6-4-5-12(2)9-13/h4-6,9-10H,3,7-8,11H2,1-2H3/b15-10-. The zero-order chi connectivity index (χ0) is 19.2. The van der Waals surface area contributed by atoms with Crippen LogP contribution in [-0.2, 0) is 14.3 Å². The van der Waals surface area contributed by atoms with E-state index >= 15 is 0 Å². The van der Waals surface area contributed by atoms with Gasteiger partial charge in [-0.15, -0.1) is 10.2 Å². The lowest BCUT2D eigenvalue weighted by atomic mass is 10.1. The van der Waals surface area contributed by atoms with Crippen molar-refractivity contribution in [3.63, 3.8) is 0 Å². The van der Waals surface area contributed by atoms with Gasteiger partial charge in [0.15, 0.2) is 0 Å². The molecule has 1 aliphatic heterocycles. The number of hydrogen-bond acceptors (Lipinski definition) is 8. The van der Waals surface area contributed by atoms with Gasteiger partial charge in [-0.25, -0.2) is 4.79 Å². The molecule has 3 rings (SSSR count). The summed E-state index contributed by atoms with van der Waals surface area (Å²) < 4.78 is 10.6. The number of carbonyl (C=O) groups excluding carboxylic acids is 2. The number of aromatic nitrogens is 2. The Hall–Kier alpha value is -2.26. The monoisotopic (exact) mass is 405 g/mol. The third kappa shape index (κ3) is 5.14. The number of aryl methyl sites for hydroxylation is 1. The van der Waals surface area contributed by atoms with Crippen LogP contribution < -0.4 is 0 Å². The van der Waals surface area contributed by atoms with E-state index in [4.69, 9.17) is 9.15 Å². The van der Waals surface area contributed by atoms with Crippen LogP contribution in [-0.4, -0.2) is 51.6 Å². The molecule has 0 saturated carbocycles. The number of carbonyl (C=O) groups is 2. The van der Waals surface area contributed by atoms with Crippen LogP contribution in [0.15, 0.2) is 45.0 Å². The maximum absolute atomic E-state index is 12.0. The number of thioether (sulfide) groups is 2. The van der Waals surface area contributed by atoms with Crippen molar-refractivity contribution >= 4 is 35.4 Å². The molecule has 0 spiro atoms. The fraction of sp³-hybridized carbons (Fsp3) is 0.333. The van der Waals surface area contributed by atoms with Gasteiger partial charge < -0.3 is 14.1 Å². The van der Waals surface area contributed by atoms with E-state index in [1.54, 1.807) is 11.8 Å². The molecule has 1 amide bonds. The average Bonchev–Trinajstić information content (AvgIpc) is 3.24. The summed E-state index contributed by atoms with van der Waals surface area (Å²) in [5.41, 5.74) is 1.99. The topological polar surface area (TPSA) is 85.5 Å². The van der Waals surface area contributed by atoms with E-state index in [1.165, 1.54) is 29.6 Å². The van der Waals surface area contributed by atoms with E-state index in [-0.39, 0.29) is 5.91 Å². The van der Waals surface area contributed by atoms with Gasteiger partial charge in [0.25, 0.3) is 5.22 Å². The van der Waals surface area contributed by atoms with Crippen molar-refractivity contribution in [3.05, 3.63) is 40.9 Å². The van der Waals surface area contributed by atoms with Crippen LogP contribution in [0.4, 0.5) is 0 Å². The van der Waals surface area contributed by atoms with Crippen molar-refractivity contribution in [2.24, 2.45) is 0 Å². The Kier molecular flexibility index (Phi) is 6.57. The molecular weight excluding hydrogens is 386 g/mol. The Morgan fingerprint density at radius 2 is 2.30 bits per heavy atom. The minimum Gasteiger partial charge on any atom is -0.463 e. The van der Waals surface area contributed by atoms with Gasteiger partial charge in [0.2, 0.25) is 11.8 Å². The molecule has 2 heterocycles. The molecule has 0 unspecified atom stereocenters. The Morgan fingerprint density at radius 3 is 3.07 bits per heavy atom. The van der Waals surface area contributed by atoms with Gasteiger partial charge in [0.1, 0.15) is 0 Å². The first-order valence-electron chi connectivity index (χ1n) is 8.41. The molecule has 1 aromatic carbocycles. The van der Waals surface area contributed by atoms with Crippen LogP contribution in [0.2, 0.25) is 0 Å². The molecule has 0 N–H and O–H groups in total. The molecule has 1 fully saturated rings. The summed E-state index contributed by atoms with van der Waals surface area (Å²) >= 11 is 2.71. The van der Waals surface area contributed by atoms with Crippen molar-refractivity contribution < 1.29 is 18.7 Å². The highest BCUT2D eigenvalue weighted by Gasteiger charge is 2.27. The van der Waals surface area contributed by atoms with Crippen LogP contribution in [0, 0.1) is 6.92 Å². The largest absolute Gasteiger partial charge is 0.463 e. The van der Waals surface area contributed by atoms with E-state index in [9.17, 15) is 9.59 Å². The number of nitrogens with zero attached hydrogens (tertiary/aromatic N) is 3. The molecule has 1 aromatic heterocycles. The SMILES string of the molecule is CCOC(=O)/C=C1\SCC(=O)N1CCSc1nnc(-c2cccc(C)c2)o1. The molecule has 2 aromatic rings. The van der Waals surface area contributed by atoms with Crippen LogP contribution >= 0.6 is 23.5 Å². The Morgan fingerprint density at radius 1 is 1.44 bits per heavy atom. The highest BCUT2D eigenvalue weighted by molar-refractivity contribution is 8.04. The third-order valence-electron chi connectivity index (χ3n) is 3.65. The van der Waals surface area contributed by atoms with Gasteiger partial charge in [-0.2, -0.15) is 0 Å². The number of hydrogen-bond donors (Lipinski definition) is 0.